The number of hydrogen-bond donors (Lipinski definition) is 0. The highest BCUT2D eigenvalue weighted by atomic mass is 32.2. The molecule has 0 aliphatic rings. The first-order valence-corrected chi connectivity index (χ1v) is 5.82. The SMILES string of the molecule is C=CCOSc1cc(C)c2ccccc2n1. The molecule has 0 bridgehead atoms. The summed E-state index contributed by atoms with van der Waals surface area (Å²) in [5, 5.41) is 2.08. The van der Waals surface area contributed by atoms with Crippen molar-refractivity contribution in [3.8, 4) is 0 Å². The fraction of sp³-hybridized carbons (Fsp3) is 0.154. The molecule has 1 aromatic carbocycles. The Hall–Kier alpha value is -1.32. The van der Waals surface area contributed by atoms with Crippen molar-refractivity contribution in [2.75, 3.05) is 6.61 Å². The highest BCUT2D eigenvalue weighted by molar-refractivity contribution is 7.94. The number of pyridine rings is 1. The van der Waals surface area contributed by atoms with Crippen LogP contribution in [0.25, 0.3) is 10.9 Å². The largest absolute Gasteiger partial charge is 0.305 e. The van der Waals surface area contributed by atoms with Gasteiger partial charge in [0.05, 0.1) is 12.1 Å². The van der Waals surface area contributed by atoms with Gasteiger partial charge in [-0.05, 0) is 24.6 Å². The molecule has 0 unspecified atom stereocenters. The molecule has 2 aromatic rings. The molecule has 0 radical (unpaired) electrons. The lowest BCUT2D eigenvalue weighted by atomic mass is 10.1. The van der Waals surface area contributed by atoms with Crippen molar-refractivity contribution in [3.63, 3.8) is 0 Å². The van der Waals surface area contributed by atoms with Crippen LogP contribution in [-0.2, 0) is 4.18 Å². The maximum absolute atomic E-state index is 5.31. The Morgan fingerprint density at radius 1 is 1.44 bits per heavy atom. The molecule has 0 fully saturated rings. The quantitative estimate of drug-likeness (QED) is 0.454. The Balaban J connectivity index is 2.30. The average Bonchev–Trinajstić information content (AvgIpc) is 2.30. The lowest BCUT2D eigenvalue weighted by Gasteiger charge is -2.05. The van der Waals surface area contributed by atoms with Gasteiger partial charge in [0.1, 0.15) is 5.03 Å². The van der Waals surface area contributed by atoms with Crippen LogP contribution >= 0.6 is 12.0 Å². The number of aryl methyl sites for hydroxylation is 1. The molecule has 0 saturated carbocycles. The first-order chi connectivity index (χ1) is 7.81. The second kappa shape index (κ2) is 5.14. The Kier molecular flexibility index (Phi) is 3.59. The first-order valence-electron chi connectivity index (χ1n) is 5.08. The van der Waals surface area contributed by atoms with Crippen LogP contribution in [0.4, 0.5) is 0 Å². The van der Waals surface area contributed by atoms with Crippen LogP contribution in [0.15, 0.2) is 48.0 Å². The fourth-order valence-electron chi connectivity index (χ4n) is 1.50. The van der Waals surface area contributed by atoms with Gasteiger partial charge in [0.2, 0.25) is 0 Å². The third-order valence-electron chi connectivity index (χ3n) is 2.23. The van der Waals surface area contributed by atoms with Gasteiger partial charge in [0.15, 0.2) is 0 Å². The number of hydrogen-bond acceptors (Lipinski definition) is 3. The predicted molar refractivity (Wildman–Crippen MR) is 68.5 cm³/mol. The summed E-state index contributed by atoms with van der Waals surface area (Å²) in [5.41, 5.74) is 2.22. The van der Waals surface area contributed by atoms with Crippen molar-refractivity contribution in [2.24, 2.45) is 0 Å². The van der Waals surface area contributed by atoms with Crippen LogP contribution in [0.3, 0.4) is 0 Å². The lowest BCUT2D eigenvalue weighted by molar-refractivity contribution is 0.428. The Morgan fingerprint density at radius 3 is 3.06 bits per heavy atom. The van der Waals surface area contributed by atoms with E-state index in [1.807, 2.05) is 24.3 Å². The topological polar surface area (TPSA) is 22.1 Å². The first kappa shape index (κ1) is 11.2. The van der Waals surface area contributed by atoms with Gasteiger partial charge in [-0.15, -0.1) is 6.58 Å². The Morgan fingerprint density at radius 2 is 2.25 bits per heavy atom. The van der Waals surface area contributed by atoms with E-state index in [2.05, 4.69) is 24.6 Å². The molecule has 1 heterocycles. The number of nitrogens with zero attached hydrogens (tertiary/aromatic N) is 1. The number of benzene rings is 1. The summed E-state index contributed by atoms with van der Waals surface area (Å²) in [5.74, 6) is 0. The molecule has 0 N–H and O–H groups in total. The second-order valence-electron chi connectivity index (χ2n) is 3.45. The van der Waals surface area contributed by atoms with Crippen molar-refractivity contribution in [3.05, 3.63) is 48.6 Å². The van der Waals surface area contributed by atoms with Gasteiger partial charge in [-0.25, -0.2) is 4.98 Å². The molecule has 16 heavy (non-hydrogen) atoms. The maximum atomic E-state index is 5.31. The van der Waals surface area contributed by atoms with E-state index in [1.54, 1.807) is 6.08 Å². The van der Waals surface area contributed by atoms with E-state index in [0.29, 0.717) is 6.61 Å². The molecule has 2 rings (SSSR count). The Bertz CT molecular complexity index is 510. The monoisotopic (exact) mass is 231 g/mol. The molecule has 0 saturated heterocycles. The second-order valence-corrected chi connectivity index (χ2v) is 4.27. The van der Waals surface area contributed by atoms with Crippen LogP contribution < -0.4 is 0 Å². The van der Waals surface area contributed by atoms with E-state index >= 15 is 0 Å². The molecule has 2 nitrogen and oxygen atoms in total. The van der Waals surface area contributed by atoms with Gasteiger partial charge in [-0.2, -0.15) is 0 Å². The number of para-hydroxylation sites is 1. The molecule has 0 spiro atoms. The zero-order valence-corrected chi connectivity index (χ0v) is 9.96. The molecule has 0 amide bonds. The van der Waals surface area contributed by atoms with Crippen molar-refractivity contribution >= 4 is 22.9 Å². The van der Waals surface area contributed by atoms with Crippen molar-refractivity contribution in [2.45, 2.75) is 11.9 Å². The van der Waals surface area contributed by atoms with Crippen molar-refractivity contribution < 1.29 is 4.18 Å². The average molecular weight is 231 g/mol. The van der Waals surface area contributed by atoms with Crippen LogP contribution in [0.2, 0.25) is 0 Å². The van der Waals surface area contributed by atoms with Gasteiger partial charge in [-0.1, -0.05) is 24.3 Å². The minimum atomic E-state index is 0.526. The molecule has 3 heteroatoms. The van der Waals surface area contributed by atoms with Crippen LogP contribution in [0.5, 0.6) is 0 Å². The van der Waals surface area contributed by atoms with Crippen LogP contribution in [-0.4, -0.2) is 11.6 Å². The smallest absolute Gasteiger partial charge is 0.124 e. The van der Waals surface area contributed by atoms with Crippen molar-refractivity contribution in [1.29, 1.82) is 0 Å². The molecule has 0 aliphatic heterocycles. The van der Waals surface area contributed by atoms with Crippen LogP contribution in [0, 0.1) is 6.92 Å². The van der Waals surface area contributed by atoms with E-state index in [1.165, 1.54) is 23.0 Å². The summed E-state index contributed by atoms with van der Waals surface area (Å²) in [6.45, 7) is 6.21. The Labute approximate surface area is 99.5 Å². The van der Waals surface area contributed by atoms with E-state index < -0.39 is 0 Å². The molecule has 0 atom stereocenters. The minimum Gasteiger partial charge on any atom is -0.305 e. The van der Waals surface area contributed by atoms with Gasteiger partial charge < -0.3 is 4.18 Å². The molecule has 0 aliphatic carbocycles. The van der Waals surface area contributed by atoms with E-state index in [0.717, 1.165) is 10.5 Å². The number of aromatic nitrogens is 1. The van der Waals surface area contributed by atoms with E-state index in [-0.39, 0.29) is 0 Å². The highest BCUT2D eigenvalue weighted by Gasteiger charge is 2.02. The molecular weight excluding hydrogens is 218 g/mol. The van der Waals surface area contributed by atoms with Gasteiger partial charge in [0, 0.05) is 17.4 Å². The summed E-state index contributed by atoms with van der Waals surface area (Å²) >= 11 is 1.29. The van der Waals surface area contributed by atoms with Crippen molar-refractivity contribution in [1.82, 2.24) is 4.98 Å². The fourth-order valence-corrected chi connectivity index (χ4v) is 2.15. The van der Waals surface area contributed by atoms with Crippen LogP contribution in [0.1, 0.15) is 5.56 Å². The summed E-state index contributed by atoms with van der Waals surface area (Å²) in [6.07, 6.45) is 1.72. The molecular formula is C13H13NOS. The van der Waals surface area contributed by atoms with E-state index in [9.17, 15) is 0 Å². The van der Waals surface area contributed by atoms with E-state index in [4.69, 9.17) is 4.18 Å². The minimum absolute atomic E-state index is 0.526. The third kappa shape index (κ3) is 2.43. The summed E-state index contributed by atoms with van der Waals surface area (Å²) in [6, 6.07) is 10.2. The highest BCUT2D eigenvalue weighted by Crippen LogP contribution is 2.23. The van der Waals surface area contributed by atoms with Gasteiger partial charge in [0.25, 0.3) is 0 Å². The standard InChI is InChI=1S/C13H13NOS/c1-3-8-15-16-13-9-10(2)11-6-4-5-7-12(11)14-13/h3-7,9H,1,8H2,2H3. The molecule has 82 valence electrons. The zero-order chi connectivity index (χ0) is 11.4. The zero-order valence-electron chi connectivity index (χ0n) is 9.14. The third-order valence-corrected chi connectivity index (χ3v) is 2.86. The maximum Gasteiger partial charge on any atom is 0.124 e. The molecule has 1 aromatic heterocycles. The number of fused-ring (bicyclic) bond motifs is 1. The predicted octanol–water partition coefficient (Wildman–Crippen LogP) is 3.75. The number of rotatable bonds is 4. The summed E-state index contributed by atoms with van der Waals surface area (Å²) < 4.78 is 5.31. The van der Waals surface area contributed by atoms with Gasteiger partial charge in [-0.3, -0.25) is 0 Å². The summed E-state index contributed by atoms with van der Waals surface area (Å²) in [4.78, 5) is 4.51. The summed E-state index contributed by atoms with van der Waals surface area (Å²) in [7, 11) is 0. The lowest BCUT2D eigenvalue weighted by Crippen LogP contribution is -1.88. The van der Waals surface area contributed by atoms with Gasteiger partial charge >= 0.3 is 0 Å². The normalized spacial score (nSPS) is 10.6.